The van der Waals surface area contributed by atoms with E-state index >= 15 is 0 Å². The molecule has 7 nitrogen and oxygen atoms in total. The second kappa shape index (κ2) is 11.8. The van der Waals surface area contributed by atoms with Gasteiger partial charge in [0.05, 0.1) is 12.5 Å². The number of benzene rings is 4. The number of hydrogen-bond acceptors (Lipinski definition) is 5. The highest BCUT2D eigenvalue weighted by atomic mass is 16.5. The number of carbonyl (C=O) groups excluding carboxylic acids is 1. The zero-order chi connectivity index (χ0) is 25.2. The van der Waals surface area contributed by atoms with Gasteiger partial charge in [0, 0.05) is 11.4 Å². The third kappa shape index (κ3) is 6.91. The van der Waals surface area contributed by atoms with Crippen molar-refractivity contribution < 1.29 is 23.7 Å². The number of ether oxygens (including phenoxy) is 4. The molecule has 0 atom stereocenters. The predicted octanol–water partition coefficient (Wildman–Crippen LogP) is 7.96. The monoisotopic (exact) mass is 480 g/mol. The molecule has 4 aromatic rings. The number of rotatable bonds is 10. The van der Waals surface area contributed by atoms with E-state index in [0.717, 1.165) is 0 Å². The van der Waals surface area contributed by atoms with Crippen LogP contribution in [0.25, 0.3) is 0 Å². The lowest BCUT2D eigenvalue weighted by Gasteiger charge is -2.10. The summed E-state index contributed by atoms with van der Waals surface area (Å²) in [6.45, 7) is 7.05. The summed E-state index contributed by atoms with van der Waals surface area (Å²) >= 11 is 0. The molecule has 2 amide bonds. The van der Waals surface area contributed by atoms with Gasteiger partial charge in [-0.05, 0) is 97.1 Å². The van der Waals surface area contributed by atoms with Crippen LogP contribution in [0.5, 0.6) is 34.5 Å². The maximum Gasteiger partial charge on any atom is 0.323 e. The molecular formula is C29H24N2O5. The molecule has 0 unspecified atom stereocenters. The Morgan fingerprint density at radius 1 is 0.500 bits per heavy atom. The first-order valence-electron chi connectivity index (χ1n) is 11.0. The Morgan fingerprint density at radius 2 is 0.778 bits per heavy atom. The highest BCUT2D eigenvalue weighted by molar-refractivity contribution is 5.99. The Morgan fingerprint density at radius 3 is 1.08 bits per heavy atom. The number of amides is 2. The van der Waals surface area contributed by atoms with Gasteiger partial charge < -0.3 is 29.6 Å². The quantitative estimate of drug-likeness (QED) is 0.225. The van der Waals surface area contributed by atoms with Crippen molar-refractivity contribution in [3.05, 3.63) is 123 Å². The molecule has 36 heavy (non-hydrogen) atoms. The SMILES string of the molecule is C=COc1ccc(Oc2ccc(NC(=O)Nc3ccc(Oc4ccc(OC=C)cc4)cc3)cc2)cc1. The minimum Gasteiger partial charge on any atom is -0.466 e. The molecular weight excluding hydrogens is 456 g/mol. The highest BCUT2D eigenvalue weighted by Gasteiger charge is 2.05. The van der Waals surface area contributed by atoms with Gasteiger partial charge in [-0.2, -0.15) is 0 Å². The van der Waals surface area contributed by atoms with Gasteiger partial charge in [-0.15, -0.1) is 0 Å². The van der Waals surface area contributed by atoms with Crippen LogP contribution in [0, 0.1) is 0 Å². The number of carbonyl (C=O) groups is 1. The standard InChI is InChI=1S/C29H24N2O5/c1-3-33-23-13-17-27(18-14-23)35-25-9-5-21(6-10-25)30-29(32)31-22-7-11-26(12-8-22)36-28-19-15-24(16-20-28)34-4-2/h3-20H,1-2H2,(H2,30,31,32). The Balaban J connectivity index is 1.26. The van der Waals surface area contributed by atoms with Crippen LogP contribution in [0.3, 0.4) is 0 Å². The van der Waals surface area contributed by atoms with E-state index in [0.29, 0.717) is 45.9 Å². The smallest absolute Gasteiger partial charge is 0.323 e. The molecule has 0 heterocycles. The fraction of sp³-hybridized carbons (Fsp3) is 0. The summed E-state index contributed by atoms with van der Waals surface area (Å²) in [5.74, 6) is 3.95. The van der Waals surface area contributed by atoms with Crippen molar-refractivity contribution in [3.8, 4) is 34.5 Å². The maximum absolute atomic E-state index is 12.4. The van der Waals surface area contributed by atoms with Crippen molar-refractivity contribution in [2.45, 2.75) is 0 Å². The molecule has 0 aliphatic heterocycles. The molecule has 0 radical (unpaired) electrons. The molecule has 0 saturated carbocycles. The second-order valence-electron chi connectivity index (χ2n) is 7.34. The topological polar surface area (TPSA) is 78.1 Å². The number of urea groups is 1. The molecule has 0 aliphatic carbocycles. The Hall–Kier alpha value is -5.17. The van der Waals surface area contributed by atoms with Crippen LogP contribution in [-0.4, -0.2) is 6.03 Å². The van der Waals surface area contributed by atoms with Crippen molar-refractivity contribution in [1.29, 1.82) is 0 Å². The minimum atomic E-state index is -0.368. The summed E-state index contributed by atoms with van der Waals surface area (Å²) in [7, 11) is 0. The lowest BCUT2D eigenvalue weighted by Crippen LogP contribution is -2.19. The Kier molecular flexibility index (Phi) is 7.86. The van der Waals surface area contributed by atoms with Crippen molar-refractivity contribution in [2.75, 3.05) is 10.6 Å². The summed E-state index contributed by atoms with van der Waals surface area (Å²) < 4.78 is 22.0. The first kappa shape index (κ1) is 24.0. The molecule has 0 bridgehead atoms. The van der Waals surface area contributed by atoms with E-state index in [9.17, 15) is 4.79 Å². The first-order valence-corrected chi connectivity index (χ1v) is 11.0. The summed E-state index contributed by atoms with van der Waals surface area (Å²) in [4.78, 5) is 12.4. The molecule has 7 heteroatoms. The Bertz CT molecular complexity index is 1200. The molecule has 0 spiro atoms. The van der Waals surface area contributed by atoms with Crippen molar-refractivity contribution in [2.24, 2.45) is 0 Å². The van der Waals surface area contributed by atoms with Crippen LogP contribution in [-0.2, 0) is 0 Å². The van der Waals surface area contributed by atoms with Gasteiger partial charge in [0.25, 0.3) is 0 Å². The largest absolute Gasteiger partial charge is 0.466 e. The van der Waals surface area contributed by atoms with E-state index in [1.807, 2.05) is 0 Å². The van der Waals surface area contributed by atoms with Crippen molar-refractivity contribution >= 4 is 17.4 Å². The van der Waals surface area contributed by atoms with E-state index < -0.39 is 0 Å². The molecule has 0 saturated heterocycles. The summed E-state index contributed by atoms with van der Waals surface area (Å²) in [6, 6.07) is 28.1. The first-order chi connectivity index (χ1) is 17.6. The zero-order valence-electron chi connectivity index (χ0n) is 19.3. The third-order valence-corrected chi connectivity index (χ3v) is 4.78. The van der Waals surface area contributed by atoms with E-state index in [2.05, 4.69) is 23.8 Å². The lowest BCUT2D eigenvalue weighted by molar-refractivity contribution is 0.262. The average molecular weight is 481 g/mol. The van der Waals surface area contributed by atoms with Gasteiger partial charge in [-0.1, -0.05) is 13.2 Å². The van der Waals surface area contributed by atoms with Gasteiger partial charge in [0.1, 0.15) is 34.5 Å². The van der Waals surface area contributed by atoms with Crippen LogP contribution in [0.1, 0.15) is 0 Å². The number of hydrogen-bond donors (Lipinski definition) is 2. The summed E-state index contributed by atoms with van der Waals surface area (Å²) in [5, 5.41) is 5.58. The van der Waals surface area contributed by atoms with Crippen LogP contribution < -0.4 is 29.6 Å². The highest BCUT2D eigenvalue weighted by Crippen LogP contribution is 2.27. The molecule has 2 N–H and O–H groups in total. The van der Waals surface area contributed by atoms with E-state index in [-0.39, 0.29) is 6.03 Å². The Labute approximate surface area is 209 Å². The fourth-order valence-corrected chi connectivity index (χ4v) is 3.14. The maximum atomic E-state index is 12.4. The van der Waals surface area contributed by atoms with Gasteiger partial charge in [-0.25, -0.2) is 4.79 Å². The van der Waals surface area contributed by atoms with Crippen LogP contribution >= 0.6 is 0 Å². The fourth-order valence-electron chi connectivity index (χ4n) is 3.14. The van der Waals surface area contributed by atoms with Crippen LogP contribution in [0.2, 0.25) is 0 Å². The minimum absolute atomic E-state index is 0.368. The summed E-state index contributed by atoms with van der Waals surface area (Å²) in [5.41, 5.74) is 1.25. The molecule has 4 aromatic carbocycles. The lowest BCUT2D eigenvalue weighted by atomic mass is 10.3. The van der Waals surface area contributed by atoms with E-state index in [1.54, 1.807) is 97.1 Å². The van der Waals surface area contributed by atoms with Crippen molar-refractivity contribution in [3.63, 3.8) is 0 Å². The normalized spacial score (nSPS) is 10.0. The molecule has 0 aromatic heterocycles. The van der Waals surface area contributed by atoms with Crippen molar-refractivity contribution in [1.82, 2.24) is 0 Å². The van der Waals surface area contributed by atoms with Gasteiger partial charge in [0.15, 0.2) is 0 Å². The number of nitrogens with one attached hydrogen (secondary N) is 2. The van der Waals surface area contributed by atoms with Crippen LogP contribution in [0.15, 0.2) is 123 Å². The molecule has 180 valence electrons. The molecule has 0 aliphatic rings. The second-order valence-corrected chi connectivity index (χ2v) is 7.34. The van der Waals surface area contributed by atoms with E-state index in [4.69, 9.17) is 18.9 Å². The molecule has 0 fully saturated rings. The predicted molar refractivity (Wildman–Crippen MR) is 140 cm³/mol. The van der Waals surface area contributed by atoms with Gasteiger partial charge >= 0.3 is 6.03 Å². The average Bonchev–Trinajstić information content (AvgIpc) is 2.89. The van der Waals surface area contributed by atoms with Gasteiger partial charge in [0.2, 0.25) is 0 Å². The van der Waals surface area contributed by atoms with E-state index in [1.165, 1.54) is 12.5 Å². The van der Waals surface area contributed by atoms with Crippen LogP contribution in [0.4, 0.5) is 16.2 Å². The number of anilines is 2. The molecule has 4 rings (SSSR count). The summed E-state index contributed by atoms with van der Waals surface area (Å²) in [6.07, 6.45) is 2.73. The van der Waals surface area contributed by atoms with Gasteiger partial charge in [-0.3, -0.25) is 0 Å². The zero-order valence-corrected chi connectivity index (χ0v) is 19.3. The third-order valence-electron chi connectivity index (χ3n) is 4.78.